The smallest absolute Gasteiger partial charge is 0.352 e. The zero-order valence-electron chi connectivity index (χ0n) is 18.5. The number of allylic oxidation sites excluding steroid dienone is 1. The molecule has 1 aliphatic heterocycles. The van der Waals surface area contributed by atoms with Crippen molar-refractivity contribution >= 4 is 23.4 Å². The SMILES string of the molecule is CCc1ccc(NC(=O)c2cnn3c2NC(C(=O)O)=C[C@@H]3c2cc(OC)ccc2OC)cc1. The van der Waals surface area contributed by atoms with Gasteiger partial charge in [0.25, 0.3) is 5.91 Å². The van der Waals surface area contributed by atoms with Crippen LogP contribution >= 0.6 is 0 Å². The number of anilines is 2. The molecule has 0 saturated carbocycles. The first-order valence-electron chi connectivity index (χ1n) is 10.4. The number of carboxylic acids is 1. The van der Waals surface area contributed by atoms with Crippen molar-refractivity contribution in [3.8, 4) is 11.5 Å². The number of hydrogen-bond donors (Lipinski definition) is 3. The molecule has 0 fully saturated rings. The number of carbonyl (C=O) groups excluding carboxylic acids is 1. The zero-order valence-corrected chi connectivity index (χ0v) is 18.5. The Labute approximate surface area is 190 Å². The maximum absolute atomic E-state index is 13.0. The maximum atomic E-state index is 13.0. The molecule has 4 rings (SSSR count). The minimum absolute atomic E-state index is 0.0702. The lowest BCUT2D eigenvalue weighted by molar-refractivity contribution is -0.132. The van der Waals surface area contributed by atoms with Gasteiger partial charge in [-0.15, -0.1) is 0 Å². The van der Waals surface area contributed by atoms with Gasteiger partial charge in [-0.25, -0.2) is 9.48 Å². The van der Waals surface area contributed by atoms with E-state index in [1.807, 2.05) is 24.3 Å². The third-order valence-electron chi connectivity index (χ3n) is 5.49. The summed E-state index contributed by atoms with van der Waals surface area (Å²) < 4.78 is 12.4. The van der Waals surface area contributed by atoms with Gasteiger partial charge in [0.2, 0.25) is 0 Å². The van der Waals surface area contributed by atoms with Crippen LogP contribution in [0.25, 0.3) is 0 Å². The van der Waals surface area contributed by atoms with Gasteiger partial charge in [0.05, 0.1) is 20.4 Å². The highest BCUT2D eigenvalue weighted by atomic mass is 16.5. The predicted octanol–water partition coefficient (Wildman–Crippen LogP) is 3.70. The topological polar surface area (TPSA) is 115 Å². The summed E-state index contributed by atoms with van der Waals surface area (Å²) >= 11 is 0. The van der Waals surface area contributed by atoms with E-state index in [1.54, 1.807) is 30.0 Å². The van der Waals surface area contributed by atoms with E-state index in [0.29, 0.717) is 22.7 Å². The number of ether oxygens (including phenoxy) is 2. The number of methoxy groups -OCH3 is 2. The van der Waals surface area contributed by atoms with Gasteiger partial charge in [-0.2, -0.15) is 5.10 Å². The van der Waals surface area contributed by atoms with Gasteiger partial charge < -0.3 is 25.2 Å². The second-order valence-corrected chi connectivity index (χ2v) is 7.42. The van der Waals surface area contributed by atoms with Gasteiger partial charge in [0, 0.05) is 11.3 Å². The summed E-state index contributed by atoms with van der Waals surface area (Å²) in [6.07, 6.45) is 3.83. The summed E-state index contributed by atoms with van der Waals surface area (Å²) in [6.45, 7) is 2.06. The number of aliphatic carboxylic acids is 1. The average molecular weight is 448 g/mol. The van der Waals surface area contributed by atoms with E-state index >= 15 is 0 Å². The number of nitrogens with zero attached hydrogens (tertiary/aromatic N) is 2. The van der Waals surface area contributed by atoms with Crippen LogP contribution < -0.4 is 20.1 Å². The summed E-state index contributed by atoms with van der Waals surface area (Å²) in [5, 5.41) is 19.7. The Hall–Kier alpha value is -4.27. The summed E-state index contributed by atoms with van der Waals surface area (Å²) in [4.78, 5) is 24.9. The molecule has 3 aromatic rings. The average Bonchev–Trinajstić information content (AvgIpc) is 3.27. The molecular weight excluding hydrogens is 424 g/mol. The number of carboxylic acid groups (broad SMARTS) is 1. The Morgan fingerprint density at radius 1 is 1.15 bits per heavy atom. The first-order valence-corrected chi connectivity index (χ1v) is 10.4. The minimum atomic E-state index is -1.16. The molecule has 9 nitrogen and oxygen atoms in total. The van der Waals surface area contributed by atoms with Gasteiger partial charge in [0.1, 0.15) is 34.6 Å². The summed E-state index contributed by atoms with van der Waals surface area (Å²) in [6, 6.07) is 12.1. The standard InChI is InChI=1S/C24H24N4O5/c1-4-14-5-7-15(8-6-14)26-23(29)18-13-25-28-20(12-19(24(30)31)27-22(18)28)17-11-16(32-2)9-10-21(17)33-3/h5-13,20,27H,4H2,1-3H3,(H,26,29)(H,30,31)/t20-/m1/s1. The Morgan fingerprint density at radius 3 is 2.55 bits per heavy atom. The van der Waals surface area contributed by atoms with Gasteiger partial charge in [-0.1, -0.05) is 19.1 Å². The number of carbonyl (C=O) groups is 2. The molecule has 3 N–H and O–H groups in total. The molecule has 0 saturated heterocycles. The molecule has 2 heterocycles. The third kappa shape index (κ3) is 4.25. The summed E-state index contributed by atoms with van der Waals surface area (Å²) in [7, 11) is 3.07. The van der Waals surface area contributed by atoms with Crippen molar-refractivity contribution in [1.29, 1.82) is 0 Å². The highest BCUT2D eigenvalue weighted by Crippen LogP contribution is 2.38. The monoisotopic (exact) mass is 448 g/mol. The lowest BCUT2D eigenvalue weighted by Crippen LogP contribution is -2.26. The molecule has 0 aliphatic carbocycles. The van der Waals surface area contributed by atoms with Crippen molar-refractivity contribution in [3.05, 3.63) is 77.1 Å². The molecule has 9 heteroatoms. The number of amides is 1. The van der Waals surface area contributed by atoms with E-state index in [-0.39, 0.29) is 17.1 Å². The normalized spacial score (nSPS) is 14.5. The molecule has 0 spiro atoms. The van der Waals surface area contributed by atoms with Crippen molar-refractivity contribution in [3.63, 3.8) is 0 Å². The van der Waals surface area contributed by atoms with Crippen LogP contribution in [0, 0.1) is 0 Å². The lowest BCUT2D eigenvalue weighted by atomic mass is 10.0. The highest BCUT2D eigenvalue weighted by Gasteiger charge is 2.31. The lowest BCUT2D eigenvalue weighted by Gasteiger charge is -2.26. The predicted molar refractivity (Wildman–Crippen MR) is 123 cm³/mol. The Kier molecular flexibility index (Phi) is 6.03. The number of aromatic nitrogens is 2. The number of fused-ring (bicyclic) bond motifs is 1. The molecule has 2 aromatic carbocycles. The number of nitrogens with one attached hydrogen (secondary N) is 2. The largest absolute Gasteiger partial charge is 0.497 e. The number of rotatable bonds is 7. The van der Waals surface area contributed by atoms with Crippen LogP contribution in [0.1, 0.15) is 34.5 Å². The molecular formula is C24H24N4O5. The van der Waals surface area contributed by atoms with E-state index in [9.17, 15) is 14.7 Å². The number of benzene rings is 2. The maximum Gasteiger partial charge on any atom is 0.352 e. The zero-order chi connectivity index (χ0) is 23.5. The fraction of sp³-hybridized carbons (Fsp3) is 0.208. The minimum Gasteiger partial charge on any atom is -0.497 e. The van der Waals surface area contributed by atoms with Gasteiger partial charge in [0.15, 0.2) is 0 Å². The second kappa shape index (κ2) is 9.07. The van der Waals surface area contributed by atoms with Crippen molar-refractivity contribution < 1.29 is 24.2 Å². The number of aryl methyl sites for hydroxylation is 1. The molecule has 1 aromatic heterocycles. The van der Waals surface area contributed by atoms with Crippen molar-refractivity contribution in [2.75, 3.05) is 24.9 Å². The van der Waals surface area contributed by atoms with Gasteiger partial charge in [-0.3, -0.25) is 4.79 Å². The fourth-order valence-corrected chi connectivity index (χ4v) is 3.70. The van der Waals surface area contributed by atoms with Crippen LogP contribution in [-0.4, -0.2) is 41.0 Å². The summed E-state index contributed by atoms with van der Waals surface area (Å²) in [5.74, 6) is -0.178. The van der Waals surface area contributed by atoms with Crippen LogP contribution in [0.4, 0.5) is 11.5 Å². The molecule has 170 valence electrons. The van der Waals surface area contributed by atoms with Crippen molar-refractivity contribution in [1.82, 2.24) is 9.78 Å². The highest BCUT2D eigenvalue weighted by molar-refractivity contribution is 6.08. The van der Waals surface area contributed by atoms with Crippen LogP contribution in [0.15, 0.2) is 60.4 Å². The Bertz CT molecular complexity index is 1230. The van der Waals surface area contributed by atoms with Gasteiger partial charge >= 0.3 is 5.97 Å². The summed E-state index contributed by atoms with van der Waals surface area (Å²) in [5.41, 5.74) is 2.58. The van der Waals surface area contributed by atoms with Crippen LogP contribution in [0.3, 0.4) is 0 Å². The number of hydrogen-bond acceptors (Lipinski definition) is 6. The Morgan fingerprint density at radius 2 is 1.91 bits per heavy atom. The molecule has 0 bridgehead atoms. The molecule has 0 unspecified atom stereocenters. The van der Waals surface area contributed by atoms with E-state index in [4.69, 9.17) is 9.47 Å². The van der Waals surface area contributed by atoms with Gasteiger partial charge in [-0.05, 0) is 48.4 Å². The van der Waals surface area contributed by atoms with Crippen molar-refractivity contribution in [2.45, 2.75) is 19.4 Å². The fourth-order valence-electron chi connectivity index (χ4n) is 3.70. The second-order valence-electron chi connectivity index (χ2n) is 7.42. The molecule has 1 aliphatic rings. The van der Waals surface area contributed by atoms with E-state index in [1.165, 1.54) is 19.4 Å². The van der Waals surface area contributed by atoms with E-state index in [2.05, 4.69) is 22.7 Å². The molecule has 33 heavy (non-hydrogen) atoms. The molecule has 1 amide bonds. The van der Waals surface area contributed by atoms with Crippen LogP contribution in [-0.2, 0) is 11.2 Å². The van der Waals surface area contributed by atoms with Crippen LogP contribution in [0.5, 0.6) is 11.5 Å². The van der Waals surface area contributed by atoms with Crippen LogP contribution in [0.2, 0.25) is 0 Å². The van der Waals surface area contributed by atoms with E-state index < -0.39 is 17.9 Å². The third-order valence-corrected chi connectivity index (χ3v) is 5.49. The molecule has 0 radical (unpaired) electrons. The van der Waals surface area contributed by atoms with E-state index in [0.717, 1.165) is 12.0 Å². The van der Waals surface area contributed by atoms with Crippen molar-refractivity contribution in [2.24, 2.45) is 0 Å². The first kappa shape index (κ1) is 21.9. The first-order chi connectivity index (χ1) is 15.9. The quantitative estimate of drug-likeness (QED) is 0.505. The Balaban J connectivity index is 1.74. The molecule has 1 atom stereocenters.